The Kier molecular flexibility index (Phi) is 5.00. The number of piperidine rings is 1. The minimum Gasteiger partial charge on any atom is -0.309 e. The number of rotatable bonds is 4. The molecule has 2 rings (SSSR count). The lowest BCUT2D eigenvalue weighted by molar-refractivity contribution is 0.178. The van der Waals surface area contributed by atoms with Crippen LogP contribution in [0.1, 0.15) is 48.9 Å². The SMILES string of the molecule is Cc1ccc(C(C)NCC2CCCCN2C)c(C)c1. The van der Waals surface area contributed by atoms with Crippen LogP contribution >= 0.6 is 0 Å². The van der Waals surface area contributed by atoms with Gasteiger partial charge in [0, 0.05) is 18.6 Å². The van der Waals surface area contributed by atoms with E-state index in [4.69, 9.17) is 0 Å². The van der Waals surface area contributed by atoms with Gasteiger partial charge in [-0.15, -0.1) is 0 Å². The molecule has 0 amide bonds. The standard InChI is InChI=1S/C17H28N2/c1-13-8-9-17(14(2)11-13)15(3)18-12-16-7-5-6-10-19(16)4/h8-9,11,15-16,18H,5-7,10,12H2,1-4H3. The van der Waals surface area contributed by atoms with Gasteiger partial charge in [-0.3, -0.25) is 0 Å². The molecular weight excluding hydrogens is 232 g/mol. The second-order valence-electron chi connectivity index (χ2n) is 6.12. The van der Waals surface area contributed by atoms with Crippen molar-refractivity contribution in [1.82, 2.24) is 10.2 Å². The van der Waals surface area contributed by atoms with Gasteiger partial charge in [0.25, 0.3) is 0 Å². The van der Waals surface area contributed by atoms with E-state index in [0.29, 0.717) is 12.1 Å². The lowest BCUT2D eigenvalue weighted by Crippen LogP contribution is -2.43. The molecule has 0 aromatic heterocycles. The first-order chi connectivity index (χ1) is 9.08. The summed E-state index contributed by atoms with van der Waals surface area (Å²) in [6.45, 7) is 9.01. The molecule has 0 saturated carbocycles. The van der Waals surface area contributed by atoms with Gasteiger partial charge in [0.1, 0.15) is 0 Å². The van der Waals surface area contributed by atoms with E-state index in [1.807, 2.05) is 0 Å². The highest BCUT2D eigenvalue weighted by Crippen LogP contribution is 2.20. The number of benzene rings is 1. The van der Waals surface area contributed by atoms with Crippen LogP contribution in [0.25, 0.3) is 0 Å². The Morgan fingerprint density at radius 3 is 2.79 bits per heavy atom. The monoisotopic (exact) mass is 260 g/mol. The zero-order valence-electron chi connectivity index (χ0n) is 12.9. The van der Waals surface area contributed by atoms with Crippen LogP contribution in [-0.2, 0) is 0 Å². The molecule has 0 spiro atoms. The quantitative estimate of drug-likeness (QED) is 0.892. The van der Waals surface area contributed by atoms with Gasteiger partial charge in [-0.1, -0.05) is 30.2 Å². The van der Waals surface area contributed by atoms with Crippen molar-refractivity contribution in [3.63, 3.8) is 0 Å². The highest BCUT2D eigenvalue weighted by molar-refractivity contribution is 5.32. The summed E-state index contributed by atoms with van der Waals surface area (Å²) < 4.78 is 0. The lowest BCUT2D eigenvalue weighted by atomic mass is 9.99. The fourth-order valence-electron chi connectivity index (χ4n) is 3.14. The van der Waals surface area contributed by atoms with Crippen LogP contribution in [-0.4, -0.2) is 31.1 Å². The molecule has 1 heterocycles. The molecule has 0 aliphatic carbocycles. The summed E-state index contributed by atoms with van der Waals surface area (Å²) in [4.78, 5) is 2.51. The molecule has 1 aromatic carbocycles. The summed E-state index contributed by atoms with van der Waals surface area (Å²) in [5.41, 5.74) is 4.18. The molecule has 2 atom stereocenters. The molecule has 0 bridgehead atoms. The number of likely N-dealkylation sites (N-methyl/N-ethyl adjacent to an activating group) is 1. The van der Waals surface area contributed by atoms with Crippen molar-refractivity contribution in [2.75, 3.05) is 20.1 Å². The topological polar surface area (TPSA) is 15.3 Å². The Morgan fingerprint density at radius 2 is 2.11 bits per heavy atom. The minimum atomic E-state index is 0.441. The van der Waals surface area contributed by atoms with E-state index in [0.717, 1.165) is 6.54 Å². The molecule has 0 radical (unpaired) electrons. The minimum absolute atomic E-state index is 0.441. The van der Waals surface area contributed by atoms with E-state index in [1.54, 1.807) is 0 Å². The van der Waals surface area contributed by atoms with Gasteiger partial charge in [0.15, 0.2) is 0 Å². The van der Waals surface area contributed by atoms with Crippen molar-refractivity contribution < 1.29 is 0 Å². The lowest BCUT2D eigenvalue weighted by Gasteiger charge is -2.33. The maximum atomic E-state index is 3.72. The molecule has 2 heteroatoms. The van der Waals surface area contributed by atoms with Gasteiger partial charge in [-0.2, -0.15) is 0 Å². The molecular formula is C17H28N2. The normalized spacial score (nSPS) is 22.4. The molecule has 1 fully saturated rings. The molecule has 1 aromatic rings. The molecule has 1 aliphatic rings. The number of hydrogen-bond donors (Lipinski definition) is 1. The summed E-state index contributed by atoms with van der Waals surface area (Å²) in [5, 5.41) is 3.72. The first-order valence-corrected chi connectivity index (χ1v) is 7.58. The van der Waals surface area contributed by atoms with Crippen LogP contribution in [0.2, 0.25) is 0 Å². The van der Waals surface area contributed by atoms with Crippen LogP contribution < -0.4 is 5.32 Å². The summed E-state index contributed by atoms with van der Waals surface area (Å²) >= 11 is 0. The number of nitrogens with one attached hydrogen (secondary N) is 1. The summed E-state index contributed by atoms with van der Waals surface area (Å²) in [7, 11) is 2.26. The Morgan fingerprint density at radius 1 is 1.32 bits per heavy atom. The molecule has 1 saturated heterocycles. The predicted molar refractivity (Wildman–Crippen MR) is 82.6 cm³/mol. The largest absolute Gasteiger partial charge is 0.309 e. The second-order valence-corrected chi connectivity index (χ2v) is 6.12. The number of hydrogen-bond acceptors (Lipinski definition) is 2. The summed E-state index contributed by atoms with van der Waals surface area (Å²) in [6.07, 6.45) is 4.08. The number of likely N-dealkylation sites (tertiary alicyclic amines) is 1. The zero-order chi connectivity index (χ0) is 13.8. The molecule has 19 heavy (non-hydrogen) atoms. The third kappa shape index (κ3) is 3.80. The Balaban J connectivity index is 1.91. The molecule has 106 valence electrons. The van der Waals surface area contributed by atoms with E-state index in [2.05, 4.69) is 56.2 Å². The predicted octanol–water partition coefficient (Wildman–Crippen LogP) is 3.44. The van der Waals surface area contributed by atoms with E-state index < -0.39 is 0 Å². The average molecular weight is 260 g/mol. The Labute approximate surface area is 118 Å². The van der Waals surface area contributed by atoms with Gasteiger partial charge in [0.05, 0.1) is 0 Å². The Bertz CT molecular complexity index is 414. The van der Waals surface area contributed by atoms with Crippen LogP contribution in [0.4, 0.5) is 0 Å². The Hall–Kier alpha value is -0.860. The molecule has 2 unspecified atom stereocenters. The van der Waals surface area contributed by atoms with E-state index in [-0.39, 0.29) is 0 Å². The van der Waals surface area contributed by atoms with E-state index in [1.165, 1.54) is 42.5 Å². The summed E-state index contributed by atoms with van der Waals surface area (Å²) in [6, 6.07) is 7.92. The van der Waals surface area contributed by atoms with E-state index >= 15 is 0 Å². The van der Waals surface area contributed by atoms with Crippen LogP contribution in [0.3, 0.4) is 0 Å². The highest BCUT2D eigenvalue weighted by Gasteiger charge is 2.19. The van der Waals surface area contributed by atoms with Gasteiger partial charge in [-0.25, -0.2) is 0 Å². The van der Waals surface area contributed by atoms with Crippen molar-refractivity contribution in [1.29, 1.82) is 0 Å². The van der Waals surface area contributed by atoms with Crippen LogP contribution in [0.5, 0.6) is 0 Å². The van der Waals surface area contributed by atoms with Crippen LogP contribution in [0.15, 0.2) is 18.2 Å². The van der Waals surface area contributed by atoms with E-state index in [9.17, 15) is 0 Å². The molecule has 1 aliphatic heterocycles. The maximum Gasteiger partial charge on any atom is 0.0295 e. The van der Waals surface area contributed by atoms with Gasteiger partial charge >= 0.3 is 0 Å². The number of nitrogens with zero attached hydrogens (tertiary/aromatic N) is 1. The fourth-order valence-corrected chi connectivity index (χ4v) is 3.14. The first kappa shape index (κ1) is 14.5. The van der Waals surface area contributed by atoms with Crippen molar-refractivity contribution >= 4 is 0 Å². The third-order valence-electron chi connectivity index (χ3n) is 4.47. The van der Waals surface area contributed by atoms with Crippen molar-refractivity contribution in [2.45, 2.75) is 52.1 Å². The summed E-state index contributed by atoms with van der Waals surface area (Å²) in [5.74, 6) is 0. The van der Waals surface area contributed by atoms with Crippen LogP contribution in [0, 0.1) is 13.8 Å². The second kappa shape index (κ2) is 6.53. The van der Waals surface area contributed by atoms with Gasteiger partial charge < -0.3 is 10.2 Å². The maximum absolute atomic E-state index is 3.72. The third-order valence-corrected chi connectivity index (χ3v) is 4.47. The van der Waals surface area contributed by atoms with Crippen molar-refractivity contribution in [2.24, 2.45) is 0 Å². The van der Waals surface area contributed by atoms with Gasteiger partial charge in [0.2, 0.25) is 0 Å². The molecule has 2 nitrogen and oxygen atoms in total. The van der Waals surface area contributed by atoms with Gasteiger partial charge in [-0.05, 0) is 58.3 Å². The molecule has 1 N–H and O–H groups in total. The van der Waals surface area contributed by atoms with Crippen molar-refractivity contribution in [3.05, 3.63) is 34.9 Å². The average Bonchev–Trinajstić information content (AvgIpc) is 2.37. The number of aryl methyl sites for hydroxylation is 2. The first-order valence-electron chi connectivity index (χ1n) is 7.58. The zero-order valence-corrected chi connectivity index (χ0v) is 12.9. The highest BCUT2D eigenvalue weighted by atomic mass is 15.2. The smallest absolute Gasteiger partial charge is 0.0295 e. The van der Waals surface area contributed by atoms with Crippen molar-refractivity contribution in [3.8, 4) is 0 Å². The fraction of sp³-hybridized carbons (Fsp3) is 0.647.